The molecular formula is C85H110N10O17S2. The minimum absolute atomic E-state index is 0.0349. The minimum atomic E-state index is -3.40. The number of aryl methyl sites for hydroxylation is 1. The number of benzene rings is 3. The summed E-state index contributed by atoms with van der Waals surface area (Å²) in [5, 5.41) is 54.1. The van der Waals surface area contributed by atoms with E-state index in [1.807, 2.05) is 120 Å². The average molecular weight is 1610 g/mol. The van der Waals surface area contributed by atoms with Gasteiger partial charge in [-0.3, -0.25) is 73.7 Å². The normalized spacial score (nSPS) is 13.4. The fraction of sp³-hybridized carbons (Fsp3) is 0.424. The van der Waals surface area contributed by atoms with Crippen molar-refractivity contribution < 1.29 is 82.1 Å². The maximum atomic E-state index is 12.8. The molecule has 3 aromatic carbocycles. The molecule has 0 radical (unpaired) electrons. The molecule has 0 bridgehead atoms. The summed E-state index contributed by atoms with van der Waals surface area (Å²) in [7, 11) is -1.92. The van der Waals surface area contributed by atoms with Crippen LogP contribution in [0.5, 0.6) is 5.88 Å². The third kappa shape index (κ3) is 28.9. The molecule has 0 aliphatic heterocycles. The zero-order valence-corrected chi connectivity index (χ0v) is 69.2. The number of carbonyl (C=O) groups excluding carboxylic acids is 9. The van der Waals surface area contributed by atoms with Crippen molar-refractivity contribution in [2.45, 2.75) is 190 Å². The van der Waals surface area contributed by atoms with Crippen molar-refractivity contribution in [3.05, 3.63) is 213 Å². The Morgan fingerprint density at radius 1 is 0.588 bits per heavy atom. The van der Waals surface area contributed by atoms with Gasteiger partial charge >= 0.3 is 0 Å². The van der Waals surface area contributed by atoms with E-state index in [2.05, 4.69) is 42.8 Å². The SMILES string of the molecule is CC(C)(C)[C@H](NC(=O)c1cc2ccccc2s1)c1ccc(C(=O)NO)cn1.CCC[C@H](NC(=O)CC1CCCC1)c1cc(C(=O)CO)ccn1.CC[C@H](NC(=O)C(C)(C)C)c1cncc(C(=O)NO)c1.COc1ncc(C(=O)NO)cc1[C@H](C)CC(=O)C(C)(C)C.Cc1ccc(S(=O)(=O)C[C@H](C)c2cccc(C(=O)CO)c2)cc1. The Kier molecular flexibility index (Phi) is 36.6. The first kappa shape index (κ1) is 94.2. The summed E-state index contributed by atoms with van der Waals surface area (Å²) in [5.41, 5.74) is 9.52. The smallest absolute Gasteiger partial charge is 0.276 e. The number of nitrogens with zero attached hydrogens (tertiary/aromatic N) is 4. The number of thiophene rings is 1. The Morgan fingerprint density at radius 2 is 1.18 bits per heavy atom. The standard InChI is InChI=1S/C20H21N3O3S.C18H26N2O3.C18H20O4S.C15H22N2O4.C14H21N3O3/c1-20(2,3)17(14-9-8-13(11-21-14)18(24)23-26)22-19(25)16-10-12-6-4-5-7-15(12)27-16;1-2-5-15(20-18(23)10-13-6-3-4-7-13)16-11-14(8-9-19-16)17(22)12-21;1-13-6-8-17(9-7-13)23(21,22)12-14(2)15-4-3-5-16(10-15)18(20)11-19;1-9(6-12(18)15(2,3)4)11-7-10(13(19)17-20)8-16-14(11)21-5;1-5-11(16-13(19)14(2,3)4)9-6-10(8-15-7-9)12(18)17-20/h4-11,17,26H,1-3H3,(H,22,25)(H,23,24);8-9,11,13,15,21H,2-7,10,12H2,1H3,(H,20,23);3-10,14,19H,11-12H2,1-2H3;7-9,20H,6H2,1-5H3,(H,17,19);6-8,11,20H,5H2,1-4H3,(H,16,19)(H,17,18)/t17-;15-;14-;9-;11-/m10010/s1. The number of aliphatic hydroxyl groups is 2. The van der Waals surface area contributed by atoms with Gasteiger partial charge in [-0.05, 0) is 139 Å². The molecule has 29 heteroatoms. The van der Waals surface area contributed by atoms with E-state index in [9.17, 15) is 51.6 Å². The van der Waals surface area contributed by atoms with E-state index < -0.39 is 51.6 Å². The third-order valence-corrected chi connectivity index (χ3v) is 21.7. The first-order chi connectivity index (χ1) is 53.7. The number of hydrogen-bond acceptors (Lipinski definition) is 22. The summed E-state index contributed by atoms with van der Waals surface area (Å²) >= 11 is 1.45. The predicted octanol–water partition coefficient (Wildman–Crippen LogP) is 13.6. The maximum Gasteiger partial charge on any atom is 0.276 e. The minimum Gasteiger partial charge on any atom is -0.481 e. The predicted molar refractivity (Wildman–Crippen MR) is 434 cm³/mol. The molecule has 0 unspecified atom stereocenters. The highest BCUT2D eigenvalue weighted by Crippen LogP contribution is 2.36. The number of aliphatic hydroxyl groups excluding tert-OH is 2. The Bertz CT molecular complexity index is 4650. The average Bonchev–Trinajstić information content (AvgIpc) is 1.48. The van der Waals surface area contributed by atoms with E-state index in [0.717, 1.165) is 52.5 Å². The summed E-state index contributed by atoms with van der Waals surface area (Å²) in [6, 6.07) is 32.3. The molecule has 0 spiro atoms. The van der Waals surface area contributed by atoms with Gasteiger partial charge in [-0.15, -0.1) is 11.3 Å². The summed E-state index contributed by atoms with van der Waals surface area (Å²) < 4.78 is 31.2. The highest BCUT2D eigenvalue weighted by Gasteiger charge is 2.32. The molecule has 114 heavy (non-hydrogen) atoms. The van der Waals surface area contributed by atoms with Gasteiger partial charge in [-0.25, -0.2) is 29.8 Å². The van der Waals surface area contributed by atoms with Crippen LogP contribution in [0.1, 0.15) is 273 Å². The third-order valence-electron chi connectivity index (χ3n) is 18.7. The van der Waals surface area contributed by atoms with E-state index in [4.69, 9.17) is 30.6 Å². The molecule has 5 aromatic heterocycles. The summed E-state index contributed by atoms with van der Waals surface area (Å²) in [6.07, 6.45) is 15.2. The van der Waals surface area contributed by atoms with Crippen LogP contribution < -0.4 is 37.1 Å². The van der Waals surface area contributed by atoms with Crippen molar-refractivity contribution in [3.8, 4) is 5.88 Å². The lowest BCUT2D eigenvalue weighted by molar-refractivity contribution is -0.129. The van der Waals surface area contributed by atoms with Crippen molar-refractivity contribution in [1.29, 1.82) is 0 Å². The fourth-order valence-electron chi connectivity index (χ4n) is 11.9. The number of nitrogens with one attached hydrogen (secondary N) is 6. The van der Waals surface area contributed by atoms with E-state index in [-0.39, 0.29) is 92.9 Å². The number of methoxy groups -OCH3 is 1. The Balaban J connectivity index is 0.000000256. The lowest BCUT2D eigenvalue weighted by atomic mass is 9.83. The van der Waals surface area contributed by atoms with Gasteiger partial charge in [0.1, 0.15) is 19.0 Å². The Hall–Kier alpha value is -10.4. The van der Waals surface area contributed by atoms with Gasteiger partial charge in [0.25, 0.3) is 23.6 Å². The Morgan fingerprint density at radius 3 is 1.74 bits per heavy atom. The van der Waals surface area contributed by atoms with Gasteiger partial charge in [0.2, 0.25) is 17.7 Å². The van der Waals surface area contributed by atoms with E-state index in [0.29, 0.717) is 68.9 Å². The monoisotopic (exact) mass is 1610 g/mol. The van der Waals surface area contributed by atoms with Crippen LogP contribution in [0, 0.1) is 29.1 Å². The summed E-state index contributed by atoms with van der Waals surface area (Å²) in [5.74, 6) is -2.21. The van der Waals surface area contributed by atoms with Crippen molar-refractivity contribution >= 4 is 84.1 Å². The molecule has 1 saturated carbocycles. The number of hydrogen-bond donors (Lipinski definition) is 11. The summed E-state index contributed by atoms with van der Waals surface area (Å²) in [4.78, 5) is 124. The number of aromatic nitrogens is 4. The largest absolute Gasteiger partial charge is 0.481 e. The molecule has 614 valence electrons. The first-order valence-corrected chi connectivity index (χ1v) is 40.1. The van der Waals surface area contributed by atoms with Crippen LogP contribution in [-0.2, 0) is 24.2 Å². The molecule has 1 aliphatic rings. The second-order valence-corrected chi connectivity index (χ2v) is 34.1. The van der Waals surface area contributed by atoms with E-state index in [1.165, 1.54) is 49.9 Å². The van der Waals surface area contributed by atoms with Crippen LogP contribution in [-0.4, -0.2) is 133 Å². The number of sulfone groups is 1. The maximum absolute atomic E-state index is 12.8. The quantitative estimate of drug-likeness (QED) is 0.0129. The number of carbonyl (C=O) groups is 9. The molecule has 1 aliphatic carbocycles. The highest BCUT2D eigenvalue weighted by atomic mass is 32.2. The van der Waals surface area contributed by atoms with E-state index in [1.54, 1.807) is 114 Å². The molecule has 27 nitrogen and oxygen atoms in total. The Labute approximate surface area is 671 Å². The number of hydroxylamine groups is 3. The van der Waals surface area contributed by atoms with Crippen LogP contribution in [0.2, 0.25) is 0 Å². The number of fused-ring (bicyclic) bond motifs is 1. The molecule has 9 rings (SSSR count). The molecule has 1 fully saturated rings. The van der Waals surface area contributed by atoms with Gasteiger partial charge in [0.05, 0.1) is 68.8 Å². The topological polar surface area (TPSA) is 422 Å². The molecule has 6 amide bonds. The lowest BCUT2D eigenvalue weighted by Crippen LogP contribution is -2.37. The van der Waals surface area contributed by atoms with Crippen molar-refractivity contribution in [1.82, 2.24) is 52.3 Å². The zero-order valence-electron chi connectivity index (χ0n) is 67.5. The number of ether oxygens (including phenoxy) is 1. The molecule has 5 heterocycles. The summed E-state index contributed by atoms with van der Waals surface area (Å²) in [6.45, 7) is 25.7. The van der Waals surface area contributed by atoms with Crippen molar-refractivity contribution in [2.75, 3.05) is 26.1 Å². The zero-order chi connectivity index (χ0) is 84.8. The van der Waals surface area contributed by atoms with Crippen molar-refractivity contribution in [2.24, 2.45) is 22.2 Å². The number of pyridine rings is 4. The number of rotatable bonds is 27. The number of ketones is 3. The molecule has 0 saturated heterocycles. The molecule has 5 atom stereocenters. The molecular weight excluding hydrogens is 1500 g/mol. The molecule has 8 aromatic rings. The number of amides is 6. The van der Waals surface area contributed by atoms with Crippen LogP contribution in [0.3, 0.4) is 0 Å². The highest BCUT2D eigenvalue weighted by molar-refractivity contribution is 7.91. The molecule has 11 N–H and O–H groups in total. The van der Waals surface area contributed by atoms with Gasteiger partial charge in [-0.2, -0.15) is 0 Å². The van der Waals surface area contributed by atoms with Crippen LogP contribution >= 0.6 is 11.3 Å². The van der Waals surface area contributed by atoms with E-state index >= 15 is 0 Å². The van der Waals surface area contributed by atoms with Crippen LogP contribution in [0.15, 0.2) is 151 Å². The second-order valence-electron chi connectivity index (χ2n) is 31.0. The fourth-order valence-corrected chi connectivity index (χ4v) is 14.5. The lowest BCUT2D eigenvalue weighted by Gasteiger charge is -2.31. The van der Waals surface area contributed by atoms with Gasteiger partial charge in [0, 0.05) is 76.0 Å². The van der Waals surface area contributed by atoms with Gasteiger partial charge in [0.15, 0.2) is 21.4 Å². The van der Waals surface area contributed by atoms with Gasteiger partial charge < -0.3 is 30.9 Å². The van der Waals surface area contributed by atoms with Crippen LogP contribution in [0.4, 0.5) is 0 Å². The van der Waals surface area contributed by atoms with Crippen LogP contribution in [0.25, 0.3) is 10.1 Å². The van der Waals surface area contributed by atoms with Gasteiger partial charge in [-0.1, -0.05) is 163 Å². The van der Waals surface area contributed by atoms with Crippen molar-refractivity contribution in [3.63, 3.8) is 0 Å². The second kappa shape index (κ2) is 44.3. The number of Topliss-reactive ketones (excluding diaryl/α,β-unsaturated/α-hetero) is 3. The first-order valence-electron chi connectivity index (χ1n) is 37.6.